The van der Waals surface area contributed by atoms with E-state index in [2.05, 4.69) is 10.6 Å². The van der Waals surface area contributed by atoms with E-state index < -0.39 is 35.9 Å². The second kappa shape index (κ2) is 11.0. The quantitative estimate of drug-likeness (QED) is 0.460. The number of nitrogens with two attached hydrogens (primary N) is 1. The Balaban J connectivity index is 2.61. The predicted molar refractivity (Wildman–Crippen MR) is 104 cm³/mol. The number of hydrogen-bond acceptors (Lipinski definition) is 6. The third-order valence-electron chi connectivity index (χ3n) is 4.79. The van der Waals surface area contributed by atoms with E-state index in [1.165, 1.54) is 12.0 Å². The van der Waals surface area contributed by atoms with Crippen molar-refractivity contribution in [1.82, 2.24) is 15.5 Å². The van der Waals surface area contributed by atoms with Crippen LogP contribution in [0.1, 0.15) is 47.0 Å². The number of carbonyl (C=O) groups excluding carboxylic acids is 4. The van der Waals surface area contributed by atoms with Gasteiger partial charge in [0.25, 0.3) is 0 Å². The van der Waals surface area contributed by atoms with Crippen LogP contribution in [0.5, 0.6) is 0 Å². The van der Waals surface area contributed by atoms with E-state index in [9.17, 15) is 19.2 Å². The molecule has 0 aromatic carbocycles. The maximum absolute atomic E-state index is 12.5. The molecular weight excluding hydrogens is 364 g/mol. The molecule has 4 N–H and O–H groups in total. The van der Waals surface area contributed by atoms with Crippen molar-refractivity contribution in [3.63, 3.8) is 0 Å². The molecule has 0 bridgehead atoms. The highest BCUT2D eigenvalue weighted by molar-refractivity contribution is 5.93. The molecule has 3 amide bonds. The lowest BCUT2D eigenvalue weighted by Crippen LogP contribution is -2.54. The Hall–Kier alpha value is -2.16. The van der Waals surface area contributed by atoms with Gasteiger partial charge in [-0.1, -0.05) is 27.7 Å². The molecule has 0 aromatic heterocycles. The molecule has 0 aromatic rings. The van der Waals surface area contributed by atoms with Crippen LogP contribution in [0.4, 0.5) is 0 Å². The molecule has 1 saturated heterocycles. The SMILES string of the molecule is COC(=O)[C@H](CC(C)C)NC(=O)CNC(=O)[C@H]1CCCN1C(=O)[C@@H](N)C(C)C. The molecule has 0 radical (unpaired) electrons. The van der Waals surface area contributed by atoms with Crippen molar-refractivity contribution in [3.8, 4) is 0 Å². The average Bonchev–Trinajstić information content (AvgIpc) is 3.12. The zero-order valence-electron chi connectivity index (χ0n) is 17.5. The second-order valence-corrected chi connectivity index (χ2v) is 7.95. The van der Waals surface area contributed by atoms with Crippen LogP contribution in [0.3, 0.4) is 0 Å². The maximum atomic E-state index is 12.5. The first-order valence-corrected chi connectivity index (χ1v) is 9.79. The second-order valence-electron chi connectivity index (χ2n) is 7.95. The smallest absolute Gasteiger partial charge is 0.328 e. The van der Waals surface area contributed by atoms with E-state index in [1.54, 1.807) is 0 Å². The summed E-state index contributed by atoms with van der Waals surface area (Å²) in [6.07, 6.45) is 1.67. The topological polar surface area (TPSA) is 131 Å². The summed E-state index contributed by atoms with van der Waals surface area (Å²) in [5, 5.41) is 5.14. The summed E-state index contributed by atoms with van der Waals surface area (Å²) in [5.74, 6) is -1.50. The van der Waals surface area contributed by atoms with Gasteiger partial charge in [0.2, 0.25) is 17.7 Å². The summed E-state index contributed by atoms with van der Waals surface area (Å²) in [6.45, 7) is 7.76. The molecule has 0 saturated carbocycles. The van der Waals surface area contributed by atoms with E-state index in [4.69, 9.17) is 10.5 Å². The van der Waals surface area contributed by atoms with Gasteiger partial charge in [0.1, 0.15) is 12.1 Å². The number of nitrogens with zero attached hydrogens (tertiary/aromatic N) is 1. The monoisotopic (exact) mass is 398 g/mol. The summed E-state index contributed by atoms with van der Waals surface area (Å²) in [6, 6.07) is -2.05. The lowest BCUT2D eigenvalue weighted by molar-refractivity contribution is -0.145. The fourth-order valence-electron chi connectivity index (χ4n) is 3.14. The Labute approximate surface area is 166 Å². The minimum Gasteiger partial charge on any atom is -0.467 e. The number of nitrogens with one attached hydrogen (secondary N) is 2. The number of esters is 1. The van der Waals surface area contributed by atoms with Crippen LogP contribution in [-0.2, 0) is 23.9 Å². The van der Waals surface area contributed by atoms with Crippen molar-refractivity contribution >= 4 is 23.7 Å². The van der Waals surface area contributed by atoms with E-state index in [0.29, 0.717) is 25.8 Å². The van der Waals surface area contributed by atoms with Crippen LogP contribution in [0.25, 0.3) is 0 Å². The molecule has 1 heterocycles. The van der Waals surface area contributed by atoms with Gasteiger partial charge >= 0.3 is 5.97 Å². The first-order valence-electron chi connectivity index (χ1n) is 9.79. The van der Waals surface area contributed by atoms with Crippen molar-refractivity contribution in [1.29, 1.82) is 0 Å². The molecule has 1 aliphatic heterocycles. The molecule has 28 heavy (non-hydrogen) atoms. The first-order chi connectivity index (χ1) is 13.1. The van der Waals surface area contributed by atoms with Gasteiger partial charge in [-0.15, -0.1) is 0 Å². The van der Waals surface area contributed by atoms with Gasteiger partial charge in [-0.2, -0.15) is 0 Å². The lowest BCUT2D eigenvalue weighted by Gasteiger charge is -2.28. The van der Waals surface area contributed by atoms with Crippen LogP contribution < -0.4 is 16.4 Å². The van der Waals surface area contributed by atoms with Gasteiger partial charge in [0, 0.05) is 6.54 Å². The third kappa shape index (κ3) is 6.78. The number of methoxy groups -OCH3 is 1. The number of carbonyl (C=O) groups is 4. The predicted octanol–water partition coefficient (Wildman–Crippen LogP) is -0.219. The molecule has 160 valence electrons. The fourth-order valence-corrected chi connectivity index (χ4v) is 3.14. The van der Waals surface area contributed by atoms with Gasteiger partial charge < -0.3 is 26.0 Å². The largest absolute Gasteiger partial charge is 0.467 e. The summed E-state index contributed by atoms with van der Waals surface area (Å²) in [4.78, 5) is 50.4. The molecule has 1 rings (SSSR count). The molecular formula is C19H34N4O5. The highest BCUT2D eigenvalue weighted by atomic mass is 16.5. The Bertz CT molecular complexity index is 579. The van der Waals surface area contributed by atoms with Gasteiger partial charge in [0.05, 0.1) is 19.7 Å². The van der Waals surface area contributed by atoms with E-state index in [1.807, 2.05) is 27.7 Å². The Kier molecular flexibility index (Phi) is 9.37. The summed E-state index contributed by atoms with van der Waals surface area (Å²) < 4.78 is 4.71. The number of amides is 3. The number of ether oxygens (including phenoxy) is 1. The molecule has 1 fully saturated rings. The van der Waals surface area contributed by atoms with Gasteiger partial charge in [-0.25, -0.2) is 4.79 Å². The van der Waals surface area contributed by atoms with Crippen LogP contribution in [-0.4, -0.2) is 66.9 Å². The van der Waals surface area contributed by atoms with Crippen molar-refractivity contribution in [2.45, 2.75) is 65.1 Å². The number of hydrogen-bond donors (Lipinski definition) is 3. The average molecular weight is 399 g/mol. The van der Waals surface area contributed by atoms with Gasteiger partial charge in [-0.3, -0.25) is 14.4 Å². The normalized spacial score (nSPS) is 18.7. The Morgan fingerprint density at radius 3 is 2.36 bits per heavy atom. The summed E-state index contributed by atoms with van der Waals surface area (Å²) in [7, 11) is 1.26. The zero-order valence-corrected chi connectivity index (χ0v) is 17.5. The molecule has 0 spiro atoms. The minimum atomic E-state index is -0.761. The molecule has 1 aliphatic rings. The molecule has 0 unspecified atom stereocenters. The maximum Gasteiger partial charge on any atom is 0.328 e. The summed E-state index contributed by atoms with van der Waals surface area (Å²) >= 11 is 0. The number of rotatable bonds is 9. The van der Waals surface area contributed by atoms with Crippen LogP contribution in [0, 0.1) is 11.8 Å². The minimum absolute atomic E-state index is 0.0289. The van der Waals surface area contributed by atoms with Gasteiger partial charge in [0.15, 0.2) is 0 Å². The molecule has 0 aliphatic carbocycles. The Morgan fingerprint density at radius 2 is 1.82 bits per heavy atom. The lowest BCUT2D eigenvalue weighted by atomic mass is 10.0. The summed E-state index contributed by atoms with van der Waals surface area (Å²) in [5.41, 5.74) is 5.93. The van der Waals surface area contributed by atoms with Gasteiger partial charge in [-0.05, 0) is 31.1 Å². The molecule has 9 heteroatoms. The highest BCUT2D eigenvalue weighted by Gasteiger charge is 2.37. The molecule has 3 atom stereocenters. The third-order valence-corrected chi connectivity index (χ3v) is 4.79. The number of likely N-dealkylation sites (tertiary alicyclic amines) is 1. The first kappa shape index (κ1) is 23.9. The highest BCUT2D eigenvalue weighted by Crippen LogP contribution is 2.19. The van der Waals surface area contributed by atoms with Crippen LogP contribution in [0.15, 0.2) is 0 Å². The van der Waals surface area contributed by atoms with Crippen LogP contribution in [0.2, 0.25) is 0 Å². The van der Waals surface area contributed by atoms with Crippen molar-refractivity contribution in [3.05, 3.63) is 0 Å². The van der Waals surface area contributed by atoms with Crippen molar-refractivity contribution < 1.29 is 23.9 Å². The van der Waals surface area contributed by atoms with Crippen LogP contribution >= 0.6 is 0 Å². The zero-order chi connectivity index (χ0) is 21.4. The standard InChI is InChI=1S/C19H34N4O5/c1-11(2)9-13(19(27)28-5)22-15(24)10-21-17(25)14-7-6-8-23(14)18(26)16(20)12(3)4/h11-14,16H,6-10,20H2,1-5H3,(H,21,25)(H,22,24)/t13-,14+,16-/m0/s1. The van der Waals surface area contributed by atoms with Crippen molar-refractivity contribution in [2.75, 3.05) is 20.2 Å². The van der Waals surface area contributed by atoms with E-state index >= 15 is 0 Å². The van der Waals surface area contributed by atoms with E-state index in [0.717, 1.165) is 0 Å². The Morgan fingerprint density at radius 1 is 1.18 bits per heavy atom. The van der Waals surface area contributed by atoms with Crippen molar-refractivity contribution in [2.24, 2.45) is 17.6 Å². The molecule has 9 nitrogen and oxygen atoms in total. The van der Waals surface area contributed by atoms with E-state index in [-0.39, 0.29) is 24.3 Å². The fraction of sp³-hybridized carbons (Fsp3) is 0.789.